The van der Waals surface area contributed by atoms with Gasteiger partial charge in [-0.1, -0.05) is 175 Å². The number of unbranched alkanes of at least 4 members (excludes halogenated alkanes) is 25. The molecule has 0 heterocycles. The smallest absolute Gasteiger partial charge is 0.306 e. The van der Waals surface area contributed by atoms with Crippen LogP contribution in [0.15, 0.2) is 0 Å². The molecule has 0 aromatic carbocycles. The zero-order valence-corrected chi connectivity index (χ0v) is 30.2. The molecule has 0 saturated carbocycles. The normalized spacial score (nSPS) is 11.7. The first-order valence-corrected chi connectivity index (χ1v) is 19.9. The van der Waals surface area contributed by atoms with E-state index in [9.17, 15) is 14.7 Å². The van der Waals surface area contributed by atoms with E-state index in [-0.39, 0.29) is 18.0 Å². The highest BCUT2D eigenvalue weighted by Crippen LogP contribution is 2.34. The van der Waals surface area contributed by atoms with Crippen LogP contribution in [0.3, 0.4) is 0 Å². The van der Waals surface area contributed by atoms with Gasteiger partial charge in [-0.05, 0) is 57.8 Å². The predicted molar refractivity (Wildman–Crippen MR) is 188 cm³/mol. The molecule has 4 nitrogen and oxygen atoms in total. The highest BCUT2D eigenvalue weighted by atomic mass is 16.6. The van der Waals surface area contributed by atoms with Gasteiger partial charge in [-0.2, -0.15) is 0 Å². The maximum Gasteiger partial charge on any atom is 0.306 e. The Labute approximate surface area is 275 Å². The third-order valence-electron chi connectivity index (χ3n) is 9.55. The second kappa shape index (κ2) is 33.3. The van der Waals surface area contributed by atoms with Crippen LogP contribution in [0.1, 0.15) is 239 Å². The van der Waals surface area contributed by atoms with Crippen LogP contribution in [0.4, 0.5) is 0 Å². The molecular weight excluding hydrogens is 544 g/mol. The molecule has 0 aliphatic rings. The van der Waals surface area contributed by atoms with Crippen molar-refractivity contribution in [3.63, 3.8) is 0 Å². The van der Waals surface area contributed by atoms with E-state index in [1.165, 1.54) is 141 Å². The standard InChI is InChI=1S/C40H78O4/c1-4-7-10-13-16-19-22-27-32-37-40(35-30-25-14-11-8-5-2,36-31-26-15-12-9-6-3)44-39(43)34-29-24-21-18-17-20-23-28-33-38(41)42/h4-37H2,1-3H3,(H,41,42)/p-1. The Morgan fingerprint density at radius 2 is 0.682 bits per heavy atom. The summed E-state index contributed by atoms with van der Waals surface area (Å²) in [6.45, 7) is 6.84. The number of carboxylic acids is 1. The molecule has 262 valence electrons. The lowest BCUT2D eigenvalue weighted by molar-refractivity contribution is -0.305. The lowest BCUT2D eigenvalue weighted by Crippen LogP contribution is -2.35. The molecule has 0 spiro atoms. The summed E-state index contributed by atoms with van der Waals surface area (Å²) in [5.41, 5.74) is -0.251. The van der Waals surface area contributed by atoms with Gasteiger partial charge in [-0.15, -0.1) is 0 Å². The zero-order valence-electron chi connectivity index (χ0n) is 30.2. The van der Waals surface area contributed by atoms with Crippen molar-refractivity contribution < 1.29 is 19.4 Å². The van der Waals surface area contributed by atoms with Crippen molar-refractivity contribution in [2.75, 3.05) is 0 Å². The summed E-state index contributed by atoms with van der Waals surface area (Å²) in [7, 11) is 0. The number of rotatable bonds is 36. The fraction of sp³-hybridized carbons (Fsp3) is 0.950. The van der Waals surface area contributed by atoms with Gasteiger partial charge in [0.25, 0.3) is 0 Å². The van der Waals surface area contributed by atoms with Crippen molar-refractivity contribution in [1.29, 1.82) is 0 Å². The lowest BCUT2D eigenvalue weighted by atomic mass is 9.84. The molecule has 44 heavy (non-hydrogen) atoms. The van der Waals surface area contributed by atoms with Crippen LogP contribution < -0.4 is 5.11 Å². The van der Waals surface area contributed by atoms with Gasteiger partial charge < -0.3 is 14.6 Å². The minimum absolute atomic E-state index is 0.0418. The number of hydrogen-bond acceptors (Lipinski definition) is 4. The van der Waals surface area contributed by atoms with Crippen LogP contribution in [0.25, 0.3) is 0 Å². The fourth-order valence-corrected chi connectivity index (χ4v) is 6.63. The first kappa shape index (κ1) is 42.9. The molecule has 0 N–H and O–H groups in total. The average molecular weight is 622 g/mol. The van der Waals surface area contributed by atoms with Gasteiger partial charge in [-0.25, -0.2) is 0 Å². The van der Waals surface area contributed by atoms with Gasteiger partial charge in [0, 0.05) is 12.4 Å². The number of hydrogen-bond donors (Lipinski definition) is 0. The van der Waals surface area contributed by atoms with Gasteiger partial charge in [0.05, 0.1) is 0 Å². The second-order valence-corrected chi connectivity index (χ2v) is 14.0. The summed E-state index contributed by atoms with van der Waals surface area (Å²) in [6.07, 6.45) is 39.5. The number of aliphatic carboxylic acids is 1. The van der Waals surface area contributed by atoms with E-state index in [4.69, 9.17) is 4.74 Å². The quantitative estimate of drug-likeness (QED) is 0.0515. The van der Waals surface area contributed by atoms with E-state index in [2.05, 4.69) is 20.8 Å². The molecule has 0 atom stereocenters. The monoisotopic (exact) mass is 622 g/mol. The van der Waals surface area contributed by atoms with Crippen LogP contribution in [-0.4, -0.2) is 17.5 Å². The molecule has 0 saturated heterocycles. The van der Waals surface area contributed by atoms with Crippen LogP contribution in [0.2, 0.25) is 0 Å². The molecule has 0 fully saturated rings. The maximum atomic E-state index is 13.3. The van der Waals surface area contributed by atoms with Gasteiger partial charge in [0.2, 0.25) is 0 Å². The molecule has 0 aromatic heterocycles. The second-order valence-electron chi connectivity index (χ2n) is 14.0. The van der Waals surface area contributed by atoms with Gasteiger partial charge >= 0.3 is 5.97 Å². The molecule has 4 heteroatoms. The third-order valence-corrected chi connectivity index (χ3v) is 9.55. The summed E-state index contributed by atoms with van der Waals surface area (Å²) in [5.74, 6) is -0.895. The van der Waals surface area contributed by atoms with Crippen molar-refractivity contribution in [3.05, 3.63) is 0 Å². The zero-order chi connectivity index (χ0) is 32.4. The summed E-state index contributed by atoms with van der Waals surface area (Å²) in [5, 5.41) is 10.5. The summed E-state index contributed by atoms with van der Waals surface area (Å²) >= 11 is 0. The van der Waals surface area contributed by atoms with Crippen LogP contribution in [0, 0.1) is 0 Å². The van der Waals surface area contributed by atoms with E-state index in [0.717, 1.165) is 64.2 Å². The van der Waals surface area contributed by atoms with Crippen molar-refractivity contribution in [2.24, 2.45) is 0 Å². The molecule has 0 aliphatic heterocycles. The molecule has 0 aliphatic carbocycles. The topological polar surface area (TPSA) is 66.4 Å². The van der Waals surface area contributed by atoms with E-state index >= 15 is 0 Å². The molecule has 0 radical (unpaired) electrons. The SMILES string of the molecule is CCCCCCCCCCCC(CCCCCCCC)(CCCCCCCC)OC(=O)CCCCCCCCCCC(=O)[O-]. The van der Waals surface area contributed by atoms with E-state index in [1.807, 2.05) is 0 Å². The number of carbonyl (C=O) groups is 2. The van der Waals surface area contributed by atoms with Crippen molar-refractivity contribution in [2.45, 2.75) is 245 Å². The molecule has 0 aromatic rings. The Kier molecular flexibility index (Phi) is 32.5. The van der Waals surface area contributed by atoms with Crippen LogP contribution in [0.5, 0.6) is 0 Å². The van der Waals surface area contributed by atoms with Gasteiger partial charge in [-0.3, -0.25) is 4.79 Å². The Bertz CT molecular complexity index is 600. The first-order valence-electron chi connectivity index (χ1n) is 19.9. The van der Waals surface area contributed by atoms with E-state index in [0.29, 0.717) is 6.42 Å². The van der Waals surface area contributed by atoms with E-state index in [1.54, 1.807) is 0 Å². The lowest BCUT2D eigenvalue weighted by Gasteiger charge is -2.34. The maximum absolute atomic E-state index is 13.3. The first-order chi connectivity index (χ1) is 21.5. The molecule has 0 unspecified atom stereocenters. The summed E-state index contributed by atoms with van der Waals surface area (Å²) in [6, 6.07) is 0. The highest BCUT2D eigenvalue weighted by molar-refractivity contribution is 5.69. The number of carboxylic acid groups (broad SMARTS) is 1. The number of ether oxygens (including phenoxy) is 1. The van der Waals surface area contributed by atoms with Gasteiger partial charge in [0.1, 0.15) is 5.60 Å². The third kappa shape index (κ3) is 29.6. The van der Waals surface area contributed by atoms with E-state index < -0.39 is 5.97 Å². The molecule has 0 amide bonds. The Balaban J connectivity index is 4.85. The van der Waals surface area contributed by atoms with Gasteiger partial charge in [0.15, 0.2) is 0 Å². The van der Waals surface area contributed by atoms with Crippen LogP contribution in [-0.2, 0) is 14.3 Å². The average Bonchev–Trinajstić information content (AvgIpc) is 3.00. The predicted octanol–water partition coefficient (Wildman–Crippen LogP) is 12.3. The minimum atomic E-state index is -0.937. The van der Waals surface area contributed by atoms with Crippen molar-refractivity contribution >= 4 is 11.9 Å². The Hall–Kier alpha value is -1.06. The van der Waals surface area contributed by atoms with Crippen LogP contribution >= 0.6 is 0 Å². The molecular formula is C40H77O4-. The van der Waals surface area contributed by atoms with Crippen molar-refractivity contribution in [3.8, 4) is 0 Å². The highest BCUT2D eigenvalue weighted by Gasteiger charge is 2.32. The Morgan fingerprint density at radius 1 is 0.409 bits per heavy atom. The Morgan fingerprint density at radius 3 is 1.00 bits per heavy atom. The number of carbonyl (C=O) groups excluding carboxylic acids is 2. The summed E-state index contributed by atoms with van der Waals surface area (Å²) in [4.78, 5) is 23.8. The largest absolute Gasteiger partial charge is 0.550 e. The van der Waals surface area contributed by atoms with Crippen molar-refractivity contribution in [1.82, 2.24) is 0 Å². The minimum Gasteiger partial charge on any atom is -0.550 e. The fourth-order valence-electron chi connectivity index (χ4n) is 6.63. The molecule has 0 bridgehead atoms. The molecule has 0 rings (SSSR count). The summed E-state index contributed by atoms with van der Waals surface area (Å²) < 4.78 is 6.56. The number of esters is 1.